The second-order valence-electron chi connectivity index (χ2n) is 13.5. The number of rotatable bonds is 7. The summed E-state index contributed by atoms with van der Waals surface area (Å²) in [6.45, 7) is 0. The van der Waals surface area contributed by atoms with Gasteiger partial charge in [0.2, 0.25) is 0 Å². The van der Waals surface area contributed by atoms with Crippen LogP contribution in [0.2, 0.25) is 0 Å². The maximum absolute atomic E-state index is 9.67. The van der Waals surface area contributed by atoms with E-state index >= 15 is 0 Å². The van der Waals surface area contributed by atoms with Crippen LogP contribution < -0.4 is 4.90 Å². The monoisotopic (exact) mass is 707 g/mol. The van der Waals surface area contributed by atoms with Crippen LogP contribution in [-0.2, 0) is 0 Å². The lowest BCUT2D eigenvalue weighted by Gasteiger charge is -2.26. The number of hydrogen-bond donors (Lipinski definition) is 0. The molecule has 0 saturated carbocycles. The first kappa shape index (κ1) is 24.9. The lowest BCUT2D eigenvalue weighted by atomic mass is 9.90. The lowest BCUT2D eigenvalue weighted by molar-refractivity contribution is 1.29. The first-order valence-corrected chi connectivity index (χ1v) is 18.3. The maximum atomic E-state index is 9.67. The summed E-state index contributed by atoms with van der Waals surface area (Å²) in [4.78, 5) is 1.36. The number of anilines is 3. The van der Waals surface area contributed by atoms with Crippen molar-refractivity contribution in [2.24, 2.45) is 0 Å². The molecule has 0 atom stereocenters. The molecule has 0 aromatic heterocycles. The standard InChI is InChI=1S/C54H37N/c1-2-14-45(15-3-1)54-52-19-9-7-13-42(52)30-36-53(54)44-28-33-48(34-29-44)55(49-35-27-38-11-4-5-16-46(38)37-49)47-31-25-40(26-32-47)39-21-23-43(24-22-39)51-20-10-17-41-12-6-8-18-50(41)51/h1-37H/i25D,26D,28D,29D,31D,32D,33D,34D. The zero-order chi connectivity index (χ0) is 43.5. The predicted octanol–water partition coefficient (Wildman–Crippen LogP) is 15.3. The van der Waals surface area contributed by atoms with Crippen LogP contribution in [0.25, 0.3) is 76.8 Å². The Morgan fingerprint density at radius 2 is 0.836 bits per heavy atom. The molecule has 0 N–H and O–H groups in total. The zero-order valence-corrected chi connectivity index (χ0v) is 29.7. The number of nitrogens with zero attached hydrogens (tertiary/aromatic N) is 1. The highest BCUT2D eigenvalue weighted by atomic mass is 15.1. The van der Waals surface area contributed by atoms with E-state index in [-0.39, 0.29) is 58.8 Å². The van der Waals surface area contributed by atoms with Gasteiger partial charge < -0.3 is 4.90 Å². The van der Waals surface area contributed by atoms with Gasteiger partial charge in [-0.3, -0.25) is 0 Å². The van der Waals surface area contributed by atoms with Crippen molar-refractivity contribution in [1.29, 1.82) is 0 Å². The van der Waals surface area contributed by atoms with Crippen LogP contribution in [0.5, 0.6) is 0 Å². The SMILES string of the molecule is [2H]c1c([2H])c(N(c2ccc3ccccc3c2)c2c([2H])c([2H])c(-c3ccc4ccccc4c3-c3ccccc3)c([2H])c2[2H])c([2H])c([2H])c1-c1ccc(-c2cccc3ccccc23)cc1. The summed E-state index contributed by atoms with van der Waals surface area (Å²) in [7, 11) is 0. The molecule has 10 aromatic carbocycles. The van der Waals surface area contributed by atoms with E-state index in [4.69, 9.17) is 0 Å². The average Bonchev–Trinajstić information content (AvgIpc) is 3.32. The first-order chi connectivity index (χ1) is 30.6. The van der Waals surface area contributed by atoms with E-state index in [9.17, 15) is 11.0 Å². The van der Waals surface area contributed by atoms with Crippen LogP contribution in [0.1, 0.15) is 11.0 Å². The zero-order valence-electron chi connectivity index (χ0n) is 37.7. The van der Waals surface area contributed by atoms with Gasteiger partial charge in [-0.25, -0.2) is 0 Å². The summed E-state index contributed by atoms with van der Waals surface area (Å²) in [6, 6.07) is 53.3. The van der Waals surface area contributed by atoms with Gasteiger partial charge in [0, 0.05) is 17.1 Å². The Bertz CT molecular complexity index is 3380. The van der Waals surface area contributed by atoms with Crippen molar-refractivity contribution in [3.8, 4) is 44.5 Å². The fraction of sp³-hybridized carbons (Fsp3) is 0. The molecule has 0 fully saturated rings. The van der Waals surface area contributed by atoms with Crippen molar-refractivity contribution in [1.82, 2.24) is 0 Å². The third-order valence-corrected chi connectivity index (χ3v) is 10.2. The fourth-order valence-corrected chi connectivity index (χ4v) is 7.49. The van der Waals surface area contributed by atoms with Gasteiger partial charge in [-0.2, -0.15) is 0 Å². The molecular formula is C54H37N. The smallest absolute Gasteiger partial charge is 0.0645 e. The quantitative estimate of drug-likeness (QED) is 0.159. The molecule has 0 unspecified atom stereocenters. The molecule has 10 rings (SSSR count). The van der Waals surface area contributed by atoms with Gasteiger partial charge in [-0.15, -0.1) is 0 Å². The van der Waals surface area contributed by atoms with E-state index in [0.717, 1.165) is 54.6 Å². The van der Waals surface area contributed by atoms with E-state index in [1.807, 2.05) is 133 Å². The Hall–Kier alpha value is -7.22. The van der Waals surface area contributed by atoms with E-state index in [1.165, 1.54) is 4.90 Å². The number of benzene rings is 10. The predicted molar refractivity (Wildman–Crippen MR) is 235 cm³/mol. The maximum Gasteiger partial charge on any atom is 0.0645 e. The molecule has 0 aliphatic heterocycles. The topological polar surface area (TPSA) is 3.24 Å². The first-order valence-electron chi connectivity index (χ1n) is 22.3. The molecule has 0 aliphatic rings. The van der Waals surface area contributed by atoms with Crippen LogP contribution in [0, 0.1) is 0 Å². The number of hydrogen-bond acceptors (Lipinski definition) is 1. The molecule has 0 radical (unpaired) electrons. The Morgan fingerprint density at radius 3 is 1.56 bits per heavy atom. The van der Waals surface area contributed by atoms with E-state index < -0.39 is 12.1 Å². The lowest BCUT2D eigenvalue weighted by Crippen LogP contribution is -2.09. The van der Waals surface area contributed by atoms with E-state index in [2.05, 4.69) is 18.2 Å². The normalized spacial score (nSPS) is 13.3. The van der Waals surface area contributed by atoms with Gasteiger partial charge in [0.05, 0.1) is 11.0 Å². The molecule has 0 amide bonds. The van der Waals surface area contributed by atoms with Crippen LogP contribution >= 0.6 is 0 Å². The second-order valence-corrected chi connectivity index (χ2v) is 13.5. The summed E-state index contributed by atoms with van der Waals surface area (Å²) in [6.07, 6.45) is 0. The van der Waals surface area contributed by atoms with Gasteiger partial charge in [0.25, 0.3) is 0 Å². The summed E-state index contributed by atoms with van der Waals surface area (Å²) in [5.41, 5.74) is 4.81. The summed E-state index contributed by atoms with van der Waals surface area (Å²) < 4.78 is 76.5. The Morgan fingerprint density at radius 1 is 0.291 bits per heavy atom. The van der Waals surface area contributed by atoms with Crippen LogP contribution in [0.4, 0.5) is 17.1 Å². The highest BCUT2D eigenvalue weighted by Gasteiger charge is 2.16. The molecule has 10 aromatic rings. The molecule has 0 spiro atoms. The van der Waals surface area contributed by atoms with Gasteiger partial charge in [0.1, 0.15) is 0 Å². The molecule has 1 heteroatoms. The minimum Gasteiger partial charge on any atom is -0.310 e. The van der Waals surface area contributed by atoms with Gasteiger partial charge in [-0.05, 0) is 113 Å². The Balaban J connectivity index is 1.18. The minimum atomic E-state index is -0.392. The highest BCUT2D eigenvalue weighted by molar-refractivity contribution is 6.04. The third-order valence-electron chi connectivity index (χ3n) is 10.2. The van der Waals surface area contributed by atoms with E-state index in [0.29, 0.717) is 16.8 Å². The van der Waals surface area contributed by atoms with Gasteiger partial charge >= 0.3 is 0 Å². The molecule has 0 aliphatic carbocycles. The molecule has 55 heavy (non-hydrogen) atoms. The summed E-state index contributed by atoms with van der Waals surface area (Å²) >= 11 is 0. The molecule has 0 heterocycles. The molecular weight excluding hydrogens is 663 g/mol. The molecule has 258 valence electrons. The van der Waals surface area contributed by atoms with Crippen molar-refractivity contribution in [3.63, 3.8) is 0 Å². The highest BCUT2D eigenvalue weighted by Crippen LogP contribution is 2.41. The second kappa shape index (κ2) is 14.0. The Labute approximate surface area is 333 Å². The molecule has 1 nitrogen and oxygen atoms in total. The van der Waals surface area contributed by atoms with Crippen LogP contribution in [0.15, 0.2) is 224 Å². The van der Waals surface area contributed by atoms with Gasteiger partial charge in [-0.1, -0.05) is 188 Å². The molecule has 0 bridgehead atoms. The van der Waals surface area contributed by atoms with E-state index in [1.54, 1.807) is 24.3 Å². The van der Waals surface area contributed by atoms with Crippen molar-refractivity contribution < 1.29 is 11.0 Å². The molecule has 0 saturated heterocycles. The van der Waals surface area contributed by atoms with Gasteiger partial charge in [0.15, 0.2) is 0 Å². The third kappa shape index (κ3) is 6.12. The van der Waals surface area contributed by atoms with Crippen molar-refractivity contribution in [3.05, 3.63) is 224 Å². The summed E-state index contributed by atoms with van der Waals surface area (Å²) in [5.74, 6) is 0. The van der Waals surface area contributed by atoms with Crippen LogP contribution in [-0.4, -0.2) is 0 Å². The average molecular weight is 708 g/mol. The minimum absolute atomic E-state index is 0.108. The summed E-state index contributed by atoms with van der Waals surface area (Å²) in [5, 5.41) is 5.75. The largest absolute Gasteiger partial charge is 0.310 e. The Kier molecular flexibility index (Phi) is 6.33. The number of fused-ring (bicyclic) bond motifs is 3. The van der Waals surface area contributed by atoms with Crippen LogP contribution in [0.3, 0.4) is 0 Å². The van der Waals surface area contributed by atoms with Crippen molar-refractivity contribution in [2.75, 3.05) is 4.90 Å². The van der Waals surface area contributed by atoms with Crippen molar-refractivity contribution >= 4 is 49.4 Å². The van der Waals surface area contributed by atoms with Crippen molar-refractivity contribution in [2.45, 2.75) is 0 Å². The fourth-order valence-electron chi connectivity index (χ4n) is 7.49.